The van der Waals surface area contributed by atoms with Crippen molar-refractivity contribution in [2.45, 2.75) is 27.7 Å². The number of hydrogen-bond donors (Lipinski definition) is 0. The Labute approximate surface area is 97.4 Å². The van der Waals surface area contributed by atoms with E-state index in [4.69, 9.17) is 0 Å². The van der Waals surface area contributed by atoms with Crippen LogP contribution in [-0.2, 0) is 0 Å². The lowest BCUT2D eigenvalue weighted by atomic mass is 9.96. The van der Waals surface area contributed by atoms with Gasteiger partial charge in [0.2, 0.25) is 0 Å². The molecule has 0 amide bonds. The van der Waals surface area contributed by atoms with Crippen LogP contribution in [0.2, 0.25) is 0 Å². The number of Topliss-reactive ketones (excluding diaryl/α,β-unsaturated/α-hetero) is 1. The van der Waals surface area contributed by atoms with E-state index in [1.165, 1.54) is 5.57 Å². The molecule has 0 saturated heterocycles. The van der Waals surface area contributed by atoms with E-state index in [9.17, 15) is 4.79 Å². The Bertz CT molecular complexity index is 379. The van der Waals surface area contributed by atoms with Gasteiger partial charge in [-0.15, -0.1) is 0 Å². The lowest BCUT2D eigenvalue weighted by Crippen LogP contribution is -2.11. The fourth-order valence-corrected chi connectivity index (χ4v) is 1.40. The normalized spacial score (nSPS) is 13.9. The maximum atomic E-state index is 12.0. The molecule has 0 aliphatic carbocycles. The number of ketones is 1. The van der Waals surface area contributed by atoms with Gasteiger partial charge in [0.15, 0.2) is 5.78 Å². The van der Waals surface area contributed by atoms with Crippen molar-refractivity contribution < 1.29 is 4.79 Å². The smallest absolute Gasteiger partial charge is 0.187 e. The molecule has 0 radical (unpaired) electrons. The van der Waals surface area contributed by atoms with Crippen LogP contribution in [0.25, 0.3) is 0 Å². The maximum absolute atomic E-state index is 12.0. The third kappa shape index (κ3) is 3.30. The van der Waals surface area contributed by atoms with E-state index in [0.717, 1.165) is 0 Å². The minimum atomic E-state index is -0.0997. The monoisotopic (exact) mass is 217 g/mol. The van der Waals surface area contributed by atoms with E-state index >= 15 is 0 Å². The second-order valence-electron chi connectivity index (χ2n) is 4.43. The van der Waals surface area contributed by atoms with Gasteiger partial charge >= 0.3 is 0 Å². The van der Waals surface area contributed by atoms with Crippen molar-refractivity contribution in [1.29, 1.82) is 0 Å². The highest BCUT2D eigenvalue weighted by molar-refractivity contribution is 5.96. The Morgan fingerprint density at radius 2 is 2.00 bits per heavy atom. The van der Waals surface area contributed by atoms with Crippen LogP contribution >= 0.6 is 0 Å². The summed E-state index contributed by atoms with van der Waals surface area (Å²) >= 11 is 0. The van der Waals surface area contributed by atoms with Gasteiger partial charge in [-0.05, 0) is 25.0 Å². The zero-order chi connectivity index (χ0) is 12.1. The number of allylic oxidation sites excluding steroid dienone is 2. The Morgan fingerprint density at radius 1 is 1.31 bits per heavy atom. The molecular formula is C14H19NO. The first-order valence-corrected chi connectivity index (χ1v) is 5.66. The summed E-state index contributed by atoms with van der Waals surface area (Å²) < 4.78 is 0. The summed E-state index contributed by atoms with van der Waals surface area (Å²) in [4.78, 5) is 16.1. The highest BCUT2D eigenvalue weighted by atomic mass is 16.1. The SMILES string of the molecule is C/C(=C\[C@H](C)C(=O)c1ccccn1)C(C)C. The number of carbonyl (C=O) groups excluding carboxylic acids is 1. The molecular weight excluding hydrogens is 198 g/mol. The topological polar surface area (TPSA) is 30.0 Å². The molecule has 2 heteroatoms. The highest BCUT2D eigenvalue weighted by Crippen LogP contribution is 2.14. The number of nitrogens with zero attached hydrogens (tertiary/aromatic N) is 1. The van der Waals surface area contributed by atoms with E-state index in [1.807, 2.05) is 25.1 Å². The van der Waals surface area contributed by atoms with E-state index in [-0.39, 0.29) is 11.7 Å². The summed E-state index contributed by atoms with van der Waals surface area (Å²) in [6, 6.07) is 5.42. The maximum Gasteiger partial charge on any atom is 0.187 e. The molecule has 0 unspecified atom stereocenters. The molecule has 0 aliphatic rings. The van der Waals surface area contributed by atoms with Crippen molar-refractivity contribution in [1.82, 2.24) is 4.98 Å². The number of pyridine rings is 1. The first-order chi connectivity index (χ1) is 7.52. The number of carbonyl (C=O) groups is 1. The van der Waals surface area contributed by atoms with Gasteiger partial charge in [0.25, 0.3) is 0 Å². The Balaban J connectivity index is 2.80. The second kappa shape index (κ2) is 5.59. The van der Waals surface area contributed by atoms with Crippen molar-refractivity contribution >= 4 is 5.78 Å². The minimum Gasteiger partial charge on any atom is -0.292 e. The summed E-state index contributed by atoms with van der Waals surface area (Å²) in [5.74, 6) is 0.469. The van der Waals surface area contributed by atoms with Gasteiger partial charge in [-0.25, -0.2) is 0 Å². The molecule has 1 aromatic rings. The second-order valence-corrected chi connectivity index (χ2v) is 4.43. The van der Waals surface area contributed by atoms with Gasteiger partial charge in [0.05, 0.1) is 0 Å². The summed E-state index contributed by atoms with van der Waals surface area (Å²) in [5.41, 5.74) is 1.79. The fraction of sp³-hybridized carbons (Fsp3) is 0.429. The zero-order valence-corrected chi connectivity index (χ0v) is 10.4. The predicted molar refractivity (Wildman–Crippen MR) is 66.3 cm³/mol. The standard InChI is InChI=1S/C14H19NO/c1-10(2)11(3)9-12(4)14(16)13-7-5-6-8-15-13/h5-10,12H,1-4H3/b11-9+/t12-/m0/s1. The quantitative estimate of drug-likeness (QED) is 0.570. The largest absolute Gasteiger partial charge is 0.292 e. The van der Waals surface area contributed by atoms with Crippen molar-refractivity contribution in [2.75, 3.05) is 0 Å². The summed E-state index contributed by atoms with van der Waals surface area (Å²) in [6.07, 6.45) is 3.68. The molecule has 16 heavy (non-hydrogen) atoms. The van der Waals surface area contributed by atoms with Gasteiger partial charge < -0.3 is 0 Å². The molecule has 86 valence electrons. The first-order valence-electron chi connectivity index (χ1n) is 5.66. The minimum absolute atomic E-state index is 0.0839. The molecule has 0 bridgehead atoms. The number of rotatable bonds is 4. The van der Waals surface area contributed by atoms with Crippen LogP contribution in [0.15, 0.2) is 36.0 Å². The summed E-state index contributed by atoms with van der Waals surface area (Å²) in [7, 11) is 0. The van der Waals surface area contributed by atoms with E-state index in [1.54, 1.807) is 12.3 Å². The molecule has 0 aromatic carbocycles. The van der Waals surface area contributed by atoms with Crippen LogP contribution in [0.5, 0.6) is 0 Å². The van der Waals surface area contributed by atoms with Crippen molar-refractivity contribution in [3.8, 4) is 0 Å². The van der Waals surface area contributed by atoms with Crippen LogP contribution < -0.4 is 0 Å². The molecule has 0 fully saturated rings. The highest BCUT2D eigenvalue weighted by Gasteiger charge is 2.14. The van der Waals surface area contributed by atoms with Crippen LogP contribution in [0, 0.1) is 11.8 Å². The predicted octanol–water partition coefficient (Wildman–Crippen LogP) is 3.50. The molecule has 1 heterocycles. The van der Waals surface area contributed by atoms with Gasteiger partial charge in [-0.2, -0.15) is 0 Å². The molecule has 2 nitrogen and oxygen atoms in total. The van der Waals surface area contributed by atoms with Crippen molar-refractivity contribution in [3.05, 3.63) is 41.7 Å². The molecule has 1 atom stereocenters. The molecule has 0 N–H and O–H groups in total. The molecule has 0 spiro atoms. The Kier molecular flexibility index (Phi) is 4.41. The van der Waals surface area contributed by atoms with Gasteiger partial charge in [0.1, 0.15) is 5.69 Å². The van der Waals surface area contributed by atoms with Crippen LogP contribution in [0.1, 0.15) is 38.2 Å². The fourth-order valence-electron chi connectivity index (χ4n) is 1.40. The molecule has 0 saturated carbocycles. The van der Waals surface area contributed by atoms with Crippen molar-refractivity contribution in [3.63, 3.8) is 0 Å². The Morgan fingerprint density at radius 3 is 2.50 bits per heavy atom. The number of hydrogen-bond acceptors (Lipinski definition) is 2. The van der Waals surface area contributed by atoms with E-state index in [0.29, 0.717) is 11.6 Å². The summed E-state index contributed by atoms with van der Waals surface area (Å²) in [5, 5.41) is 0. The Hall–Kier alpha value is -1.44. The van der Waals surface area contributed by atoms with Crippen molar-refractivity contribution in [2.24, 2.45) is 11.8 Å². The summed E-state index contributed by atoms with van der Waals surface area (Å²) in [6.45, 7) is 8.24. The average molecular weight is 217 g/mol. The molecule has 1 rings (SSSR count). The zero-order valence-electron chi connectivity index (χ0n) is 10.4. The average Bonchev–Trinajstić information content (AvgIpc) is 2.28. The molecule has 1 aromatic heterocycles. The van der Waals surface area contributed by atoms with Crippen LogP contribution in [0.3, 0.4) is 0 Å². The van der Waals surface area contributed by atoms with Gasteiger partial charge in [-0.3, -0.25) is 9.78 Å². The van der Waals surface area contributed by atoms with Gasteiger partial charge in [0, 0.05) is 12.1 Å². The number of aromatic nitrogens is 1. The van der Waals surface area contributed by atoms with Gasteiger partial charge in [-0.1, -0.05) is 38.5 Å². The van der Waals surface area contributed by atoms with E-state index < -0.39 is 0 Å². The third-order valence-corrected chi connectivity index (χ3v) is 2.75. The third-order valence-electron chi connectivity index (χ3n) is 2.75. The lowest BCUT2D eigenvalue weighted by molar-refractivity contribution is 0.0947. The first kappa shape index (κ1) is 12.6. The lowest BCUT2D eigenvalue weighted by Gasteiger charge is -2.09. The van der Waals surface area contributed by atoms with Crippen LogP contribution in [0.4, 0.5) is 0 Å². The van der Waals surface area contributed by atoms with Crippen LogP contribution in [-0.4, -0.2) is 10.8 Å². The molecule has 0 aliphatic heterocycles. The van der Waals surface area contributed by atoms with E-state index in [2.05, 4.69) is 25.8 Å².